The molecule has 0 aliphatic heterocycles. The second kappa shape index (κ2) is 6.31. The van der Waals surface area contributed by atoms with Crippen molar-refractivity contribution >= 4 is 23.3 Å². The fraction of sp³-hybridized carbons (Fsp3) is 0.273. The minimum absolute atomic E-state index is 0.192. The number of nitrogens with one attached hydrogen (secondary N) is 2. The molecule has 2 aromatic rings. The Morgan fingerprint density at radius 3 is 2.95 bits per heavy atom. The summed E-state index contributed by atoms with van der Waals surface area (Å²) in [7, 11) is 1.79. The van der Waals surface area contributed by atoms with Crippen LogP contribution in [0, 0.1) is 0 Å². The van der Waals surface area contributed by atoms with E-state index in [0.717, 1.165) is 0 Å². The maximum atomic E-state index is 11.9. The molecule has 0 unspecified atom stereocenters. The van der Waals surface area contributed by atoms with E-state index in [-0.39, 0.29) is 11.1 Å². The van der Waals surface area contributed by atoms with Gasteiger partial charge in [-0.25, -0.2) is 15.8 Å². The summed E-state index contributed by atoms with van der Waals surface area (Å²) in [5, 5.41) is 7.06. The number of carbonyl (C=O) groups excluding carboxylic acids is 1. The summed E-state index contributed by atoms with van der Waals surface area (Å²) < 4.78 is 1.61. The number of hydrogen-bond acceptors (Lipinski definition) is 6. The van der Waals surface area contributed by atoms with Crippen molar-refractivity contribution in [2.75, 3.05) is 12.0 Å². The lowest BCUT2D eigenvalue weighted by Crippen LogP contribution is -2.26. The molecule has 0 fully saturated rings. The second-order valence-electron chi connectivity index (χ2n) is 4.05. The summed E-state index contributed by atoms with van der Waals surface area (Å²) >= 11 is 5.80. The third kappa shape index (κ3) is 3.65. The van der Waals surface area contributed by atoms with E-state index in [1.54, 1.807) is 18.1 Å². The zero-order valence-electron chi connectivity index (χ0n) is 10.8. The first-order chi connectivity index (χ1) is 9.58. The predicted octanol–water partition coefficient (Wildman–Crippen LogP) is 0.122. The van der Waals surface area contributed by atoms with Crippen molar-refractivity contribution in [2.45, 2.75) is 6.42 Å². The van der Waals surface area contributed by atoms with E-state index < -0.39 is 0 Å². The summed E-state index contributed by atoms with van der Waals surface area (Å²) in [6.07, 6.45) is 2.16. The highest BCUT2D eigenvalue weighted by Crippen LogP contribution is 2.13. The monoisotopic (exact) mass is 295 g/mol. The molecule has 8 nitrogen and oxygen atoms in total. The van der Waals surface area contributed by atoms with Crippen molar-refractivity contribution in [3.05, 3.63) is 35.0 Å². The molecule has 2 rings (SSSR count). The van der Waals surface area contributed by atoms with Crippen molar-refractivity contribution in [3.63, 3.8) is 0 Å². The van der Waals surface area contributed by atoms with E-state index in [0.29, 0.717) is 30.2 Å². The Bertz CT molecular complexity index is 613. The van der Waals surface area contributed by atoms with Crippen LogP contribution in [-0.4, -0.2) is 32.2 Å². The van der Waals surface area contributed by atoms with Gasteiger partial charge in [-0.3, -0.25) is 9.48 Å². The van der Waals surface area contributed by atoms with Gasteiger partial charge in [0.15, 0.2) is 5.82 Å². The number of nitrogens with zero attached hydrogens (tertiary/aromatic N) is 4. The molecule has 106 valence electrons. The smallest absolute Gasteiger partial charge is 0.251 e. The van der Waals surface area contributed by atoms with E-state index >= 15 is 0 Å². The topological polar surface area (TPSA) is 111 Å². The highest BCUT2D eigenvalue weighted by molar-refractivity contribution is 6.29. The predicted molar refractivity (Wildman–Crippen MR) is 74.1 cm³/mol. The van der Waals surface area contributed by atoms with E-state index in [9.17, 15) is 4.79 Å². The zero-order chi connectivity index (χ0) is 14.5. The second-order valence-corrected chi connectivity index (χ2v) is 4.44. The zero-order valence-corrected chi connectivity index (χ0v) is 11.6. The van der Waals surface area contributed by atoms with Gasteiger partial charge < -0.3 is 10.7 Å². The van der Waals surface area contributed by atoms with E-state index in [2.05, 4.69) is 25.8 Å². The van der Waals surface area contributed by atoms with Crippen LogP contribution in [0.4, 0.5) is 5.82 Å². The summed E-state index contributed by atoms with van der Waals surface area (Å²) in [6.45, 7) is 0.425. The average Bonchev–Trinajstić information content (AvgIpc) is 2.83. The van der Waals surface area contributed by atoms with Crippen molar-refractivity contribution in [1.29, 1.82) is 0 Å². The molecule has 0 saturated heterocycles. The molecule has 20 heavy (non-hydrogen) atoms. The summed E-state index contributed by atoms with van der Waals surface area (Å²) in [6, 6.07) is 2.98. The van der Waals surface area contributed by atoms with E-state index in [1.165, 1.54) is 12.1 Å². The summed E-state index contributed by atoms with van der Waals surface area (Å²) in [4.78, 5) is 19.9. The number of nitrogen functional groups attached to an aromatic ring is 1. The molecule has 1 amide bonds. The number of carbonyl (C=O) groups is 1. The maximum Gasteiger partial charge on any atom is 0.251 e. The van der Waals surface area contributed by atoms with Crippen molar-refractivity contribution in [1.82, 2.24) is 25.1 Å². The summed E-state index contributed by atoms with van der Waals surface area (Å²) in [5.41, 5.74) is 2.73. The highest BCUT2D eigenvalue weighted by Gasteiger charge is 2.09. The number of halogens is 1. The molecular formula is C11H14ClN7O. The first-order valence-corrected chi connectivity index (χ1v) is 6.23. The molecule has 0 aliphatic rings. The first-order valence-electron chi connectivity index (χ1n) is 5.85. The Balaban J connectivity index is 1.93. The number of pyridine rings is 1. The molecule has 2 aromatic heterocycles. The normalized spacial score (nSPS) is 10.3. The van der Waals surface area contributed by atoms with Gasteiger partial charge in [0.2, 0.25) is 0 Å². The van der Waals surface area contributed by atoms with Crippen molar-refractivity contribution in [3.8, 4) is 0 Å². The highest BCUT2D eigenvalue weighted by atomic mass is 35.5. The number of hydrazine groups is 1. The fourth-order valence-corrected chi connectivity index (χ4v) is 1.80. The van der Waals surface area contributed by atoms with Gasteiger partial charge in [-0.05, 0) is 12.1 Å². The first kappa shape index (κ1) is 14.2. The Labute approximate surface area is 120 Å². The minimum atomic E-state index is -0.262. The van der Waals surface area contributed by atoms with Crippen LogP contribution >= 0.6 is 11.6 Å². The molecule has 0 aliphatic carbocycles. The number of amides is 1. The van der Waals surface area contributed by atoms with E-state index in [1.807, 2.05) is 0 Å². The quantitative estimate of drug-likeness (QED) is 0.410. The van der Waals surface area contributed by atoms with Crippen LogP contribution < -0.4 is 16.6 Å². The molecule has 0 bridgehead atoms. The number of anilines is 1. The number of nitrogens with two attached hydrogens (primary N) is 1. The Kier molecular flexibility index (Phi) is 4.49. The molecular weight excluding hydrogens is 282 g/mol. The van der Waals surface area contributed by atoms with Gasteiger partial charge in [0.25, 0.3) is 5.91 Å². The number of aromatic nitrogens is 4. The van der Waals surface area contributed by atoms with Gasteiger partial charge in [0.05, 0.1) is 0 Å². The van der Waals surface area contributed by atoms with Crippen LogP contribution in [0.1, 0.15) is 16.2 Å². The Morgan fingerprint density at radius 2 is 2.30 bits per heavy atom. The van der Waals surface area contributed by atoms with Gasteiger partial charge in [-0.15, -0.1) is 0 Å². The molecule has 0 atom stereocenters. The Hall–Kier alpha value is -2.19. The van der Waals surface area contributed by atoms with Crippen LogP contribution in [0.3, 0.4) is 0 Å². The molecule has 0 aromatic carbocycles. The number of aryl methyl sites for hydroxylation is 1. The molecule has 0 spiro atoms. The third-order valence-corrected chi connectivity index (χ3v) is 2.68. The van der Waals surface area contributed by atoms with Gasteiger partial charge in [-0.1, -0.05) is 11.6 Å². The van der Waals surface area contributed by atoms with Crippen LogP contribution in [0.25, 0.3) is 0 Å². The van der Waals surface area contributed by atoms with Crippen LogP contribution in [0.5, 0.6) is 0 Å². The largest absolute Gasteiger partial charge is 0.352 e. The number of hydrogen-bond donors (Lipinski definition) is 3. The molecule has 0 saturated carbocycles. The van der Waals surface area contributed by atoms with Crippen LogP contribution in [-0.2, 0) is 13.5 Å². The summed E-state index contributed by atoms with van der Waals surface area (Å²) in [5.74, 6) is 5.98. The fourth-order valence-electron chi connectivity index (χ4n) is 1.59. The van der Waals surface area contributed by atoms with E-state index in [4.69, 9.17) is 17.4 Å². The third-order valence-electron chi connectivity index (χ3n) is 2.49. The van der Waals surface area contributed by atoms with Crippen LogP contribution in [0.2, 0.25) is 5.15 Å². The molecule has 4 N–H and O–H groups in total. The number of rotatable bonds is 5. The van der Waals surface area contributed by atoms with Gasteiger partial charge in [-0.2, -0.15) is 5.10 Å². The molecule has 0 radical (unpaired) electrons. The molecule has 2 heterocycles. The Morgan fingerprint density at radius 1 is 1.50 bits per heavy atom. The lowest BCUT2D eigenvalue weighted by atomic mass is 10.2. The van der Waals surface area contributed by atoms with Crippen molar-refractivity contribution < 1.29 is 4.79 Å². The maximum absolute atomic E-state index is 11.9. The standard InChI is InChI=1S/C11H14ClN7O/c1-19-6-15-9(18-19)2-3-14-11(20)7-4-8(12)16-10(5-7)17-13/h4-6H,2-3,13H2,1H3,(H,14,20)(H,16,17). The lowest BCUT2D eigenvalue weighted by Gasteiger charge is -2.06. The van der Waals surface area contributed by atoms with Gasteiger partial charge in [0, 0.05) is 25.6 Å². The molecule has 9 heteroatoms. The SMILES string of the molecule is Cn1cnc(CCNC(=O)c2cc(Cl)nc(NN)c2)n1. The average molecular weight is 296 g/mol. The lowest BCUT2D eigenvalue weighted by molar-refractivity contribution is 0.0954. The van der Waals surface area contributed by atoms with Crippen molar-refractivity contribution in [2.24, 2.45) is 12.9 Å². The van der Waals surface area contributed by atoms with Gasteiger partial charge >= 0.3 is 0 Å². The minimum Gasteiger partial charge on any atom is -0.352 e. The van der Waals surface area contributed by atoms with Crippen LogP contribution in [0.15, 0.2) is 18.5 Å². The van der Waals surface area contributed by atoms with Gasteiger partial charge in [0.1, 0.15) is 17.3 Å².